The molecule has 0 bridgehead atoms. The summed E-state index contributed by atoms with van der Waals surface area (Å²) >= 11 is 0.925. The van der Waals surface area contributed by atoms with Crippen molar-refractivity contribution in [2.24, 2.45) is 0 Å². The van der Waals surface area contributed by atoms with Crippen molar-refractivity contribution in [1.29, 1.82) is 0 Å². The van der Waals surface area contributed by atoms with Gasteiger partial charge in [-0.3, -0.25) is 9.36 Å². The molecule has 4 N–H and O–H groups in total. The van der Waals surface area contributed by atoms with Crippen LogP contribution in [0.1, 0.15) is 5.56 Å². The molecule has 15 heteroatoms. The second-order valence-corrected chi connectivity index (χ2v) is 9.38. The summed E-state index contributed by atoms with van der Waals surface area (Å²) in [5, 5.41) is 0. The predicted molar refractivity (Wildman–Crippen MR) is 115 cm³/mol. The van der Waals surface area contributed by atoms with Crippen LogP contribution in [-0.2, 0) is 4.57 Å². The Bertz CT molecular complexity index is 1570. The van der Waals surface area contributed by atoms with Crippen molar-refractivity contribution < 1.29 is 41.0 Å². The molecule has 0 saturated carbocycles. The maximum absolute atomic E-state index is 14.0. The van der Waals surface area contributed by atoms with Crippen LogP contribution in [0.3, 0.4) is 0 Å². The first kappa shape index (κ1) is 24.7. The van der Waals surface area contributed by atoms with E-state index in [2.05, 4.69) is 15.0 Å². The van der Waals surface area contributed by atoms with Crippen LogP contribution in [0, 0.1) is 29.1 Å². The lowest BCUT2D eigenvalue weighted by Crippen LogP contribution is -2.05. The Hall–Kier alpha value is -3.45. The van der Waals surface area contributed by atoms with E-state index >= 15 is 0 Å². The number of ether oxygens (including phenoxy) is 1. The van der Waals surface area contributed by atoms with Gasteiger partial charge in [0.25, 0.3) is 5.56 Å². The van der Waals surface area contributed by atoms with Gasteiger partial charge >= 0.3 is 7.60 Å². The molecule has 0 fully saturated rings. The Morgan fingerprint density at radius 2 is 1.63 bits per heavy atom. The highest BCUT2D eigenvalue weighted by Crippen LogP contribution is 2.41. The van der Waals surface area contributed by atoms with Gasteiger partial charge in [0.05, 0.1) is 11.2 Å². The lowest BCUT2D eigenvalue weighted by atomic mass is 10.2. The van der Waals surface area contributed by atoms with Crippen molar-refractivity contribution in [1.82, 2.24) is 15.0 Å². The third-order valence-corrected chi connectivity index (χ3v) is 6.12. The number of rotatable bonds is 6. The molecule has 4 aromatic rings. The van der Waals surface area contributed by atoms with Gasteiger partial charge in [-0.25, -0.2) is 18.2 Å². The van der Waals surface area contributed by atoms with Crippen LogP contribution >= 0.6 is 19.4 Å². The molecule has 0 unspecified atom stereocenters. The summed E-state index contributed by atoms with van der Waals surface area (Å²) in [5.74, 6) is -12.4. The van der Waals surface area contributed by atoms with Gasteiger partial charge in [-0.05, 0) is 23.8 Å². The van der Waals surface area contributed by atoms with E-state index in [9.17, 15) is 31.3 Å². The fraction of sp³-hybridized carbons (Fsp3) is 0. The standard InChI is InChI=1S/C20H11F5N3O5PS/c21-12-13(22)15(24)19(16(25)14(12)23)33-9-2-1-8(3-4-34(30,31)32)10(5-9)35-11-6-26-18-17(11)27-7-28-20(18)29/h1-7,26H,(H,27,28,29)(H2,30,31,32)/b4-3+. The van der Waals surface area contributed by atoms with Crippen molar-refractivity contribution in [2.75, 3.05) is 0 Å². The summed E-state index contributed by atoms with van der Waals surface area (Å²) in [6.07, 6.45) is 3.64. The fourth-order valence-corrected chi connectivity index (χ4v) is 4.29. The molecule has 8 nitrogen and oxygen atoms in total. The molecular formula is C20H11F5N3O5PS. The second-order valence-electron chi connectivity index (χ2n) is 6.82. The predicted octanol–water partition coefficient (Wildman–Crippen LogP) is 5.04. The van der Waals surface area contributed by atoms with Crippen molar-refractivity contribution in [3.05, 3.63) is 81.5 Å². The minimum Gasteiger partial charge on any atom is -0.451 e. The van der Waals surface area contributed by atoms with Gasteiger partial charge < -0.3 is 24.5 Å². The van der Waals surface area contributed by atoms with Gasteiger partial charge in [0.2, 0.25) is 34.8 Å². The topological polar surface area (TPSA) is 128 Å². The quantitative estimate of drug-likeness (QED) is 0.119. The van der Waals surface area contributed by atoms with Crippen LogP contribution in [0.5, 0.6) is 11.5 Å². The van der Waals surface area contributed by atoms with E-state index in [4.69, 9.17) is 14.5 Å². The zero-order valence-corrected chi connectivity index (χ0v) is 18.6. The summed E-state index contributed by atoms with van der Waals surface area (Å²) in [6, 6.07) is 3.48. The number of nitrogens with one attached hydrogen (secondary N) is 2. The van der Waals surface area contributed by atoms with Gasteiger partial charge in [-0.1, -0.05) is 17.8 Å². The molecule has 0 aliphatic rings. The molecule has 0 atom stereocenters. The molecule has 0 amide bonds. The third kappa shape index (κ3) is 5.00. The number of aromatic nitrogens is 3. The zero-order valence-electron chi connectivity index (χ0n) is 16.9. The normalized spacial score (nSPS) is 12.1. The summed E-state index contributed by atoms with van der Waals surface area (Å²) in [6.45, 7) is 0. The van der Waals surface area contributed by atoms with Gasteiger partial charge in [0, 0.05) is 16.9 Å². The Morgan fingerprint density at radius 1 is 0.971 bits per heavy atom. The monoisotopic (exact) mass is 531 g/mol. The molecule has 0 aliphatic carbocycles. The minimum atomic E-state index is -4.57. The van der Waals surface area contributed by atoms with Crippen LogP contribution in [0.25, 0.3) is 17.1 Å². The highest BCUT2D eigenvalue weighted by atomic mass is 32.2. The van der Waals surface area contributed by atoms with E-state index in [1.54, 1.807) is 0 Å². The minimum absolute atomic E-state index is 0.135. The Labute approximate surface area is 195 Å². The lowest BCUT2D eigenvalue weighted by molar-refractivity contribution is 0.332. The summed E-state index contributed by atoms with van der Waals surface area (Å²) < 4.78 is 84.7. The van der Waals surface area contributed by atoms with E-state index in [1.165, 1.54) is 12.3 Å². The maximum Gasteiger partial charge on any atom is 0.349 e. The molecule has 4 rings (SSSR count). The van der Waals surface area contributed by atoms with E-state index in [0.717, 1.165) is 36.3 Å². The molecule has 0 spiro atoms. The van der Waals surface area contributed by atoms with Crippen molar-refractivity contribution >= 4 is 36.5 Å². The van der Waals surface area contributed by atoms with Gasteiger partial charge in [0.1, 0.15) is 16.8 Å². The lowest BCUT2D eigenvalue weighted by Gasteiger charge is -2.12. The van der Waals surface area contributed by atoms with E-state index in [-0.39, 0.29) is 27.2 Å². The second kappa shape index (κ2) is 9.30. The summed E-state index contributed by atoms with van der Waals surface area (Å²) in [5.41, 5.74) is 0.111. The maximum atomic E-state index is 14.0. The highest BCUT2D eigenvalue weighted by Gasteiger charge is 2.27. The molecule has 2 aromatic heterocycles. The summed E-state index contributed by atoms with van der Waals surface area (Å²) in [4.78, 5) is 39.9. The third-order valence-electron chi connectivity index (χ3n) is 4.48. The first-order valence-corrected chi connectivity index (χ1v) is 11.8. The molecule has 182 valence electrons. The SMILES string of the molecule is O=c1[nH]cnc2c(Sc3cc(Oc4c(F)c(F)c(F)c(F)c4F)ccc3/C=C/P(=O)(O)O)c[nH]c12. The first-order valence-electron chi connectivity index (χ1n) is 9.26. The number of nitrogens with zero attached hydrogens (tertiary/aromatic N) is 1. The first-order chi connectivity index (χ1) is 16.5. The molecule has 0 radical (unpaired) electrons. The van der Waals surface area contributed by atoms with Crippen LogP contribution in [0.15, 0.2) is 51.1 Å². The number of H-pyrrole nitrogens is 2. The molecule has 0 saturated heterocycles. The Kier molecular flexibility index (Phi) is 6.56. The number of fused-ring (bicyclic) bond motifs is 1. The number of hydrogen-bond donors (Lipinski definition) is 4. The van der Waals surface area contributed by atoms with Crippen LogP contribution in [0.2, 0.25) is 0 Å². The number of benzene rings is 2. The Balaban J connectivity index is 1.80. The van der Waals surface area contributed by atoms with Gasteiger partial charge in [-0.15, -0.1) is 0 Å². The van der Waals surface area contributed by atoms with Crippen LogP contribution in [-0.4, -0.2) is 24.7 Å². The van der Waals surface area contributed by atoms with Crippen molar-refractivity contribution in [3.63, 3.8) is 0 Å². The number of aromatic amines is 2. The summed E-state index contributed by atoms with van der Waals surface area (Å²) in [7, 11) is -4.57. The van der Waals surface area contributed by atoms with E-state index < -0.39 is 48.0 Å². The molecule has 35 heavy (non-hydrogen) atoms. The molecule has 2 aromatic carbocycles. The molecule has 2 heterocycles. The van der Waals surface area contributed by atoms with Crippen LogP contribution in [0.4, 0.5) is 22.0 Å². The van der Waals surface area contributed by atoms with E-state index in [1.807, 2.05) is 0 Å². The van der Waals surface area contributed by atoms with Gasteiger partial charge in [-0.2, -0.15) is 8.78 Å². The highest BCUT2D eigenvalue weighted by molar-refractivity contribution is 7.99. The average molecular weight is 531 g/mol. The fourth-order valence-electron chi connectivity index (χ4n) is 2.90. The average Bonchev–Trinajstić information content (AvgIpc) is 3.22. The van der Waals surface area contributed by atoms with Crippen molar-refractivity contribution in [3.8, 4) is 11.5 Å². The zero-order chi connectivity index (χ0) is 25.5. The van der Waals surface area contributed by atoms with E-state index in [0.29, 0.717) is 10.7 Å². The largest absolute Gasteiger partial charge is 0.451 e. The Morgan fingerprint density at radius 3 is 2.29 bits per heavy atom. The van der Waals surface area contributed by atoms with Crippen molar-refractivity contribution in [2.45, 2.75) is 9.79 Å². The smallest absolute Gasteiger partial charge is 0.349 e. The van der Waals surface area contributed by atoms with Gasteiger partial charge in [0.15, 0.2) is 0 Å². The molecular weight excluding hydrogens is 520 g/mol. The molecule has 0 aliphatic heterocycles. The van der Waals surface area contributed by atoms with Crippen LogP contribution < -0.4 is 10.3 Å². The number of halogens is 5. The number of hydrogen-bond acceptors (Lipinski definition) is 5.